The lowest BCUT2D eigenvalue weighted by atomic mass is 10.2. The molecule has 25 heavy (non-hydrogen) atoms. The number of nitrogens with one attached hydrogen (secondary N) is 1. The molecule has 0 radical (unpaired) electrons. The van der Waals surface area contributed by atoms with Crippen molar-refractivity contribution in [3.8, 4) is 5.75 Å². The number of hydrogen-bond donors (Lipinski definition) is 1. The van der Waals surface area contributed by atoms with Gasteiger partial charge in [-0.05, 0) is 24.3 Å². The highest BCUT2D eigenvalue weighted by molar-refractivity contribution is 6.34. The van der Waals surface area contributed by atoms with Crippen LogP contribution in [0.5, 0.6) is 5.75 Å². The number of carbonyl (C=O) groups is 1. The van der Waals surface area contributed by atoms with Gasteiger partial charge in [-0.15, -0.1) is 0 Å². The van der Waals surface area contributed by atoms with Crippen LogP contribution in [0.3, 0.4) is 0 Å². The van der Waals surface area contributed by atoms with Crippen LogP contribution in [0.25, 0.3) is 0 Å². The fourth-order valence-corrected chi connectivity index (χ4v) is 2.01. The summed E-state index contributed by atoms with van der Waals surface area (Å²) in [5.74, 6) is -5.08. The number of anilines is 1. The molecule has 0 saturated heterocycles. The predicted molar refractivity (Wildman–Crippen MR) is 77.3 cm³/mol. The van der Waals surface area contributed by atoms with E-state index in [-0.39, 0.29) is 0 Å². The highest BCUT2D eigenvalue weighted by Gasteiger charge is 2.29. The number of rotatable bonds is 4. The van der Waals surface area contributed by atoms with Gasteiger partial charge in [0.1, 0.15) is 11.6 Å². The maximum Gasteiger partial charge on any atom is 0.422 e. The van der Waals surface area contributed by atoms with E-state index in [1.165, 1.54) is 0 Å². The van der Waals surface area contributed by atoms with Crippen molar-refractivity contribution >= 4 is 23.2 Å². The molecule has 10 heteroatoms. The molecule has 0 fully saturated rings. The smallest absolute Gasteiger partial charge is 0.422 e. The minimum Gasteiger partial charge on any atom is -0.482 e. The summed E-state index contributed by atoms with van der Waals surface area (Å²) in [6.07, 6.45) is -4.65. The average Bonchev–Trinajstić information content (AvgIpc) is 2.49. The van der Waals surface area contributed by atoms with Crippen molar-refractivity contribution in [1.82, 2.24) is 0 Å². The van der Waals surface area contributed by atoms with Gasteiger partial charge >= 0.3 is 6.18 Å². The van der Waals surface area contributed by atoms with Crippen molar-refractivity contribution in [1.29, 1.82) is 0 Å². The fourth-order valence-electron chi connectivity index (χ4n) is 1.77. The molecule has 1 N–H and O–H groups in total. The molecule has 0 spiro atoms. The molecule has 0 unspecified atom stereocenters. The summed E-state index contributed by atoms with van der Waals surface area (Å²) in [7, 11) is 0. The van der Waals surface area contributed by atoms with Gasteiger partial charge in [0.15, 0.2) is 18.2 Å². The van der Waals surface area contributed by atoms with E-state index in [0.29, 0.717) is 18.2 Å². The largest absolute Gasteiger partial charge is 0.482 e. The zero-order valence-corrected chi connectivity index (χ0v) is 12.8. The van der Waals surface area contributed by atoms with E-state index in [1.807, 2.05) is 5.32 Å². The SMILES string of the molecule is O=C(Nc1cc(F)ccc1OCC(F)(F)F)c1cc(F)c(F)cc1Cl. The number of benzene rings is 2. The van der Waals surface area contributed by atoms with Crippen molar-refractivity contribution < 1.29 is 35.9 Å². The monoisotopic (exact) mass is 383 g/mol. The van der Waals surface area contributed by atoms with Gasteiger partial charge in [0.2, 0.25) is 0 Å². The third kappa shape index (κ3) is 5.02. The molecule has 1 amide bonds. The first-order chi connectivity index (χ1) is 11.6. The Morgan fingerprint density at radius 3 is 2.36 bits per heavy atom. The molecule has 0 atom stereocenters. The van der Waals surface area contributed by atoms with Gasteiger partial charge in [0, 0.05) is 6.07 Å². The molecular weight excluding hydrogens is 376 g/mol. The molecule has 2 aromatic carbocycles. The Hall–Kier alpha value is -2.42. The topological polar surface area (TPSA) is 38.3 Å². The highest BCUT2D eigenvalue weighted by atomic mass is 35.5. The van der Waals surface area contributed by atoms with E-state index in [2.05, 4.69) is 4.74 Å². The Bertz CT molecular complexity index is 809. The Morgan fingerprint density at radius 1 is 1.08 bits per heavy atom. The van der Waals surface area contributed by atoms with E-state index in [4.69, 9.17) is 11.6 Å². The normalized spacial score (nSPS) is 11.3. The molecule has 0 aliphatic heterocycles. The van der Waals surface area contributed by atoms with Crippen LogP contribution >= 0.6 is 11.6 Å². The summed E-state index contributed by atoms with van der Waals surface area (Å²) in [5.41, 5.74) is -0.929. The lowest BCUT2D eigenvalue weighted by Gasteiger charge is -2.14. The maximum atomic E-state index is 13.3. The second kappa shape index (κ2) is 7.22. The molecule has 0 aliphatic carbocycles. The van der Waals surface area contributed by atoms with Crippen molar-refractivity contribution in [3.63, 3.8) is 0 Å². The van der Waals surface area contributed by atoms with Gasteiger partial charge in [-0.25, -0.2) is 13.2 Å². The summed E-state index contributed by atoms with van der Waals surface area (Å²) in [4.78, 5) is 12.1. The van der Waals surface area contributed by atoms with Gasteiger partial charge < -0.3 is 10.1 Å². The Morgan fingerprint density at radius 2 is 1.72 bits per heavy atom. The molecule has 0 saturated carbocycles. The lowest BCUT2D eigenvalue weighted by Crippen LogP contribution is -2.20. The van der Waals surface area contributed by atoms with Crippen molar-refractivity contribution in [2.45, 2.75) is 6.18 Å². The van der Waals surface area contributed by atoms with Crippen LogP contribution in [-0.4, -0.2) is 18.7 Å². The first kappa shape index (κ1) is 18.9. The lowest BCUT2D eigenvalue weighted by molar-refractivity contribution is -0.153. The highest BCUT2D eigenvalue weighted by Crippen LogP contribution is 2.29. The van der Waals surface area contributed by atoms with E-state index in [1.54, 1.807) is 0 Å². The van der Waals surface area contributed by atoms with Gasteiger partial charge in [0.25, 0.3) is 5.91 Å². The Labute approximate surface area is 142 Å². The van der Waals surface area contributed by atoms with Crippen LogP contribution in [0.4, 0.5) is 32.0 Å². The molecule has 0 aliphatic rings. The fraction of sp³-hybridized carbons (Fsp3) is 0.133. The van der Waals surface area contributed by atoms with Gasteiger partial charge in [-0.3, -0.25) is 4.79 Å². The molecule has 3 nitrogen and oxygen atoms in total. The zero-order chi connectivity index (χ0) is 18.8. The summed E-state index contributed by atoms with van der Waals surface area (Å²) >= 11 is 5.63. The minimum atomic E-state index is -4.65. The molecule has 2 aromatic rings. The first-order valence-electron chi connectivity index (χ1n) is 6.52. The summed E-state index contributed by atoms with van der Waals surface area (Å²) in [6, 6.07) is 3.47. The average molecular weight is 384 g/mol. The summed E-state index contributed by atoms with van der Waals surface area (Å²) < 4.78 is 80.7. The summed E-state index contributed by atoms with van der Waals surface area (Å²) in [6.45, 7) is -1.67. The molecule has 0 heterocycles. The third-order valence-electron chi connectivity index (χ3n) is 2.84. The Kier molecular flexibility index (Phi) is 5.46. The standard InChI is InChI=1S/C15H8ClF6NO2/c16-9-5-11(19)10(18)4-8(9)14(24)23-12-3-7(17)1-2-13(12)25-6-15(20,21)22/h1-5H,6H2,(H,23,24). The van der Waals surface area contributed by atoms with E-state index < -0.39 is 58.2 Å². The van der Waals surface area contributed by atoms with Crippen molar-refractivity contribution in [2.75, 3.05) is 11.9 Å². The quantitative estimate of drug-likeness (QED) is 0.599. The van der Waals surface area contributed by atoms with Crippen LogP contribution in [0.2, 0.25) is 5.02 Å². The van der Waals surface area contributed by atoms with E-state index in [0.717, 1.165) is 12.1 Å². The number of halogens is 7. The second-order valence-electron chi connectivity index (χ2n) is 4.74. The summed E-state index contributed by atoms with van der Waals surface area (Å²) in [5, 5.41) is 1.61. The van der Waals surface area contributed by atoms with Crippen LogP contribution in [0, 0.1) is 17.5 Å². The number of alkyl halides is 3. The van der Waals surface area contributed by atoms with Crippen LogP contribution in [0.1, 0.15) is 10.4 Å². The van der Waals surface area contributed by atoms with E-state index >= 15 is 0 Å². The first-order valence-corrected chi connectivity index (χ1v) is 6.89. The van der Waals surface area contributed by atoms with Crippen molar-refractivity contribution in [3.05, 3.63) is 58.4 Å². The van der Waals surface area contributed by atoms with Gasteiger partial charge in [0.05, 0.1) is 16.3 Å². The minimum absolute atomic E-state index is 0.435. The third-order valence-corrected chi connectivity index (χ3v) is 3.15. The number of carbonyl (C=O) groups excluding carboxylic acids is 1. The molecule has 134 valence electrons. The molecule has 0 bridgehead atoms. The zero-order valence-electron chi connectivity index (χ0n) is 12.1. The molecular formula is C15H8ClF6NO2. The number of amides is 1. The van der Waals surface area contributed by atoms with Gasteiger partial charge in [-0.1, -0.05) is 11.6 Å². The second-order valence-corrected chi connectivity index (χ2v) is 5.15. The maximum absolute atomic E-state index is 13.3. The molecule has 2 rings (SSSR count). The van der Waals surface area contributed by atoms with Crippen LogP contribution in [0.15, 0.2) is 30.3 Å². The van der Waals surface area contributed by atoms with Crippen molar-refractivity contribution in [2.24, 2.45) is 0 Å². The van der Waals surface area contributed by atoms with Crippen LogP contribution < -0.4 is 10.1 Å². The van der Waals surface area contributed by atoms with E-state index in [9.17, 15) is 31.1 Å². The predicted octanol–water partition coefficient (Wildman–Crippen LogP) is 4.95. The van der Waals surface area contributed by atoms with Crippen LogP contribution in [-0.2, 0) is 0 Å². The number of ether oxygens (including phenoxy) is 1. The number of hydrogen-bond acceptors (Lipinski definition) is 2. The van der Waals surface area contributed by atoms with Gasteiger partial charge in [-0.2, -0.15) is 13.2 Å². The molecule has 0 aromatic heterocycles. The Balaban J connectivity index is 2.28.